The summed E-state index contributed by atoms with van der Waals surface area (Å²) in [5.41, 5.74) is 0.500. The second kappa shape index (κ2) is 3.40. The molecule has 0 spiro atoms. The van der Waals surface area contributed by atoms with Gasteiger partial charge in [0.2, 0.25) is 0 Å². The number of aromatic nitrogens is 3. The van der Waals surface area contributed by atoms with Gasteiger partial charge in [0.25, 0.3) is 0 Å². The highest BCUT2D eigenvalue weighted by atomic mass is 79.9. The normalized spacial score (nSPS) is 18.9. The van der Waals surface area contributed by atoms with Crippen molar-refractivity contribution in [1.82, 2.24) is 14.8 Å². The van der Waals surface area contributed by atoms with Crippen LogP contribution in [0.3, 0.4) is 0 Å². The van der Waals surface area contributed by atoms with Crippen LogP contribution in [0.1, 0.15) is 25.6 Å². The second-order valence-corrected chi connectivity index (χ2v) is 4.36. The van der Waals surface area contributed by atoms with Crippen LogP contribution in [0.4, 0.5) is 0 Å². The fraction of sp³-hybridized carbons (Fsp3) is 0.778. The number of halogens is 1. The zero-order valence-electron chi connectivity index (χ0n) is 7.83. The van der Waals surface area contributed by atoms with Gasteiger partial charge in [-0.1, -0.05) is 15.9 Å². The highest BCUT2D eigenvalue weighted by Crippen LogP contribution is 2.49. The van der Waals surface area contributed by atoms with E-state index in [9.17, 15) is 0 Å². The van der Waals surface area contributed by atoms with Gasteiger partial charge in [-0.05, 0) is 25.2 Å². The third-order valence-electron chi connectivity index (χ3n) is 2.77. The summed E-state index contributed by atoms with van der Waals surface area (Å²) < 4.78 is 1.99. The first kappa shape index (κ1) is 9.19. The molecule has 0 aromatic carbocycles. The lowest BCUT2D eigenvalue weighted by molar-refractivity contribution is 0.520. The standard InChI is InChI=1S/C9H14BrN3/c1-2-13-8(11-7-12-13)5-9(6-10)3-4-9/h7H,2-6H2,1H3. The number of hydrogen-bond donors (Lipinski definition) is 0. The molecule has 0 amide bonds. The van der Waals surface area contributed by atoms with Crippen LogP contribution >= 0.6 is 15.9 Å². The third-order valence-corrected chi connectivity index (χ3v) is 3.96. The van der Waals surface area contributed by atoms with E-state index in [4.69, 9.17) is 0 Å². The van der Waals surface area contributed by atoms with Crippen LogP contribution in [0, 0.1) is 5.41 Å². The van der Waals surface area contributed by atoms with E-state index in [0.717, 1.165) is 24.1 Å². The zero-order chi connectivity index (χ0) is 9.31. The van der Waals surface area contributed by atoms with Crippen LogP contribution in [0.25, 0.3) is 0 Å². The minimum Gasteiger partial charge on any atom is -0.250 e. The molecule has 2 rings (SSSR count). The number of alkyl halides is 1. The van der Waals surface area contributed by atoms with Gasteiger partial charge in [0.15, 0.2) is 0 Å². The van der Waals surface area contributed by atoms with Gasteiger partial charge in [-0.2, -0.15) is 5.10 Å². The van der Waals surface area contributed by atoms with Gasteiger partial charge in [0.05, 0.1) is 0 Å². The second-order valence-electron chi connectivity index (χ2n) is 3.80. The van der Waals surface area contributed by atoms with E-state index in [2.05, 4.69) is 32.9 Å². The van der Waals surface area contributed by atoms with E-state index in [1.807, 2.05) is 4.68 Å². The van der Waals surface area contributed by atoms with Gasteiger partial charge in [-0.15, -0.1) is 0 Å². The molecule has 1 heterocycles. The summed E-state index contributed by atoms with van der Waals surface area (Å²) in [6.45, 7) is 3.03. The summed E-state index contributed by atoms with van der Waals surface area (Å²) in [5, 5.41) is 5.26. The summed E-state index contributed by atoms with van der Waals surface area (Å²) in [6, 6.07) is 0. The van der Waals surface area contributed by atoms with Gasteiger partial charge in [-0.25, -0.2) is 4.98 Å². The smallest absolute Gasteiger partial charge is 0.138 e. The molecule has 0 aliphatic heterocycles. The van der Waals surface area contributed by atoms with E-state index in [1.54, 1.807) is 6.33 Å². The Morgan fingerprint density at radius 1 is 1.62 bits per heavy atom. The number of rotatable bonds is 4. The monoisotopic (exact) mass is 243 g/mol. The topological polar surface area (TPSA) is 30.7 Å². The average Bonchev–Trinajstić information content (AvgIpc) is 2.78. The first-order valence-corrected chi connectivity index (χ1v) is 5.84. The summed E-state index contributed by atoms with van der Waals surface area (Å²) in [7, 11) is 0. The molecular formula is C9H14BrN3. The zero-order valence-corrected chi connectivity index (χ0v) is 9.42. The maximum absolute atomic E-state index is 4.29. The Morgan fingerprint density at radius 3 is 2.92 bits per heavy atom. The molecule has 3 nitrogen and oxygen atoms in total. The lowest BCUT2D eigenvalue weighted by atomic mass is 10.1. The molecule has 13 heavy (non-hydrogen) atoms. The van der Waals surface area contributed by atoms with E-state index >= 15 is 0 Å². The summed E-state index contributed by atoms with van der Waals surface area (Å²) in [4.78, 5) is 4.29. The van der Waals surface area contributed by atoms with Crippen molar-refractivity contribution < 1.29 is 0 Å². The van der Waals surface area contributed by atoms with Gasteiger partial charge >= 0.3 is 0 Å². The van der Waals surface area contributed by atoms with Crippen molar-refractivity contribution in [3.63, 3.8) is 0 Å². The first-order chi connectivity index (χ1) is 6.29. The van der Waals surface area contributed by atoms with Crippen LogP contribution in [0.2, 0.25) is 0 Å². The van der Waals surface area contributed by atoms with E-state index < -0.39 is 0 Å². The Kier molecular flexibility index (Phi) is 2.41. The average molecular weight is 244 g/mol. The molecule has 1 aromatic rings. The Balaban J connectivity index is 2.09. The molecule has 0 radical (unpaired) electrons. The fourth-order valence-electron chi connectivity index (χ4n) is 1.56. The molecule has 1 aliphatic carbocycles. The van der Waals surface area contributed by atoms with Crippen LogP contribution < -0.4 is 0 Å². The van der Waals surface area contributed by atoms with Crippen molar-refractivity contribution in [2.75, 3.05) is 5.33 Å². The predicted molar refractivity (Wildman–Crippen MR) is 54.9 cm³/mol. The largest absolute Gasteiger partial charge is 0.250 e. The minimum absolute atomic E-state index is 0.500. The lowest BCUT2D eigenvalue weighted by Gasteiger charge is -2.10. The van der Waals surface area contributed by atoms with E-state index in [1.165, 1.54) is 12.8 Å². The van der Waals surface area contributed by atoms with Crippen LogP contribution in [-0.2, 0) is 13.0 Å². The predicted octanol–water partition coefficient (Wildman–Crippen LogP) is 2.02. The molecule has 0 saturated heterocycles. The number of nitrogens with zero attached hydrogens (tertiary/aromatic N) is 3. The van der Waals surface area contributed by atoms with Gasteiger partial charge in [0, 0.05) is 18.3 Å². The fourth-order valence-corrected chi connectivity index (χ4v) is 2.32. The SMILES string of the molecule is CCn1ncnc1CC1(CBr)CC1. The highest BCUT2D eigenvalue weighted by Gasteiger charge is 2.42. The molecule has 0 N–H and O–H groups in total. The van der Waals surface area contributed by atoms with E-state index in [0.29, 0.717) is 5.41 Å². The van der Waals surface area contributed by atoms with Crippen molar-refractivity contribution >= 4 is 15.9 Å². The molecule has 0 atom stereocenters. The van der Waals surface area contributed by atoms with Crippen molar-refractivity contribution in [2.24, 2.45) is 5.41 Å². The molecule has 4 heteroatoms. The highest BCUT2D eigenvalue weighted by molar-refractivity contribution is 9.09. The van der Waals surface area contributed by atoms with Crippen molar-refractivity contribution in [3.05, 3.63) is 12.2 Å². The van der Waals surface area contributed by atoms with Crippen LogP contribution in [0.15, 0.2) is 6.33 Å². The first-order valence-electron chi connectivity index (χ1n) is 4.72. The minimum atomic E-state index is 0.500. The van der Waals surface area contributed by atoms with Crippen molar-refractivity contribution in [1.29, 1.82) is 0 Å². The molecular weight excluding hydrogens is 230 g/mol. The molecule has 0 bridgehead atoms. The quantitative estimate of drug-likeness (QED) is 0.758. The van der Waals surface area contributed by atoms with Gasteiger partial charge < -0.3 is 0 Å². The molecule has 1 fully saturated rings. The summed E-state index contributed by atoms with van der Waals surface area (Å²) in [6.07, 6.45) is 5.39. The van der Waals surface area contributed by atoms with Gasteiger partial charge in [-0.3, -0.25) is 4.68 Å². The van der Waals surface area contributed by atoms with Crippen LogP contribution in [0.5, 0.6) is 0 Å². The molecule has 1 aromatic heterocycles. The maximum Gasteiger partial charge on any atom is 0.138 e. The Morgan fingerprint density at radius 2 is 2.38 bits per heavy atom. The lowest BCUT2D eigenvalue weighted by Crippen LogP contribution is -2.12. The van der Waals surface area contributed by atoms with Crippen molar-refractivity contribution in [3.8, 4) is 0 Å². The number of hydrogen-bond acceptors (Lipinski definition) is 2. The Labute approximate surface area is 86.7 Å². The maximum atomic E-state index is 4.29. The van der Waals surface area contributed by atoms with Gasteiger partial charge in [0.1, 0.15) is 12.2 Å². The van der Waals surface area contributed by atoms with Crippen LogP contribution in [-0.4, -0.2) is 20.1 Å². The molecule has 72 valence electrons. The summed E-state index contributed by atoms with van der Waals surface area (Å²) >= 11 is 3.57. The Bertz CT molecular complexity index is 291. The number of aryl methyl sites for hydroxylation is 1. The molecule has 0 unspecified atom stereocenters. The summed E-state index contributed by atoms with van der Waals surface area (Å²) in [5.74, 6) is 1.14. The molecule has 1 saturated carbocycles. The molecule has 1 aliphatic rings. The Hall–Kier alpha value is -0.380. The van der Waals surface area contributed by atoms with Crippen molar-refractivity contribution in [2.45, 2.75) is 32.7 Å². The van der Waals surface area contributed by atoms with E-state index in [-0.39, 0.29) is 0 Å². The third kappa shape index (κ3) is 1.77.